The van der Waals surface area contributed by atoms with E-state index in [1.165, 1.54) is 0 Å². The van der Waals surface area contributed by atoms with Crippen LogP contribution in [-0.2, 0) is 19.0 Å². The van der Waals surface area contributed by atoms with Crippen molar-refractivity contribution in [3.63, 3.8) is 0 Å². The number of ether oxygens (including phenoxy) is 3. The van der Waals surface area contributed by atoms with E-state index in [2.05, 4.69) is 5.32 Å². The van der Waals surface area contributed by atoms with Crippen LogP contribution in [0.5, 0.6) is 0 Å². The Morgan fingerprint density at radius 2 is 1.79 bits per heavy atom. The van der Waals surface area contributed by atoms with Crippen LogP contribution in [0.2, 0.25) is 0 Å². The lowest BCUT2D eigenvalue weighted by Crippen LogP contribution is -2.60. The number of hydrogen-bond donors (Lipinski definition) is 6. The molecule has 0 radical (unpaired) electrons. The van der Waals surface area contributed by atoms with Crippen LogP contribution in [0.25, 0.3) is 0 Å². The molecule has 10 nitrogen and oxygen atoms in total. The third kappa shape index (κ3) is 7.20. The topological polar surface area (TPSA) is 158 Å². The predicted molar refractivity (Wildman–Crippen MR) is 98.3 cm³/mol. The van der Waals surface area contributed by atoms with Gasteiger partial charge in [-0.25, -0.2) is 0 Å². The fourth-order valence-electron chi connectivity index (χ4n) is 2.78. The van der Waals surface area contributed by atoms with Crippen molar-refractivity contribution in [3.8, 4) is 0 Å². The number of rotatable bonds is 12. The maximum atomic E-state index is 11.7. The minimum Gasteiger partial charge on any atom is -0.390 e. The van der Waals surface area contributed by atoms with Gasteiger partial charge in [0.15, 0.2) is 6.29 Å². The number of aliphatic hydroxyl groups is 5. The quantitative estimate of drug-likeness (QED) is 0.206. The molecule has 1 rings (SSSR count). The highest BCUT2D eigenvalue weighted by molar-refractivity contribution is 5.75. The third-order valence-electron chi connectivity index (χ3n) is 4.63. The molecule has 10 heteroatoms. The van der Waals surface area contributed by atoms with Crippen molar-refractivity contribution in [1.29, 1.82) is 0 Å². The summed E-state index contributed by atoms with van der Waals surface area (Å²) in [6.07, 6.45) is -7.77. The van der Waals surface area contributed by atoms with E-state index in [1.54, 1.807) is 13.8 Å². The Balaban J connectivity index is 2.75. The fourth-order valence-corrected chi connectivity index (χ4v) is 2.78. The summed E-state index contributed by atoms with van der Waals surface area (Å²) in [4.78, 5) is 11.7. The third-order valence-corrected chi connectivity index (χ3v) is 4.63. The average molecular weight is 409 g/mol. The van der Waals surface area contributed by atoms with Gasteiger partial charge in [0.1, 0.15) is 30.5 Å². The molecular formula is C18H35NO9. The van der Waals surface area contributed by atoms with Crippen molar-refractivity contribution in [2.45, 2.75) is 89.0 Å². The summed E-state index contributed by atoms with van der Waals surface area (Å²) in [5.41, 5.74) is 0. The largest absolute Gasteiger partial charge is 0.390 e. The summed E-state index contributed by atoms with van der Waals surface area (Å²) >= 11 is 0. The predicted octanol–water partition coefficient (Wildman–Crippen LogP) is -1.74. The zero-order valence-corrected chi connectivity index (χ0v) is 16.7. The maximum Gasteiger partial charge on any atom is 0.220 e. The number of hydrogen-bond acceptors (Lipinski definition) is 9. The van der Waals surface area contributed by atoms with Crippen LogP contribution < -0.4 is 5.32 Å². The van der Waals surface area contributed by atoms with Crippen LogP contribution >= 0.6 is 0 Å². The van der Waals surface area contributed by atoms with Gasteiger partial charge in [-0.2, -0.15) is 0 Å². The smallest absolute Gasteiger partial charge is 0.220 e. The first-order chi connectivity index (χ1) is 13.3. The molecule has 0 aromatic carbocycles. The molecule has 1 amide bonds. The lowest BCUT2D eigenvalue weighted by Gasteiger charge is -2.40. The fraction of sp³-hybridized carbons (Fsp3) is 0.944. The molecule has 1 heterocycles. The maximum absolute atomic E-state index is 11.7. The van der Waals surface area contributed by atoms with Gasteiger partial charge in [-0.1, -0.05) is 20.8 Å². The van der Waals surface area contributed by atoms with Crippen molar-refractivity contribution >= 4 is 5.91 Å². The summed E-state index contributed by atoms with van der Waals surface area (Å²) in [5.74, 6) is -0.345. The average Bonchev–Trinajstić information content (AvgIpc) is 2.70. The molecule has 1 aliphatic heterocycles. The first-order valence-electron chi connectivity index (χ1n) is 9.81. The summed E-state index contributed by atoms with van der Waals surface area (Å²) in [5, 5.41) is 52.9. The monoisotopic (exact) mass is 409 g/mol. The van der Waals surface area contributed by atoms with Crippen molar-refractivity contribution in [1.82, 2.24) is 5.32 Å². The Bertz CT molecular complexity index is 453. The van der Waals surface area contributed by atoms with E-state index >= 15 is 0 Å². The molecule has 166 valence electrons. The van der Waals surface area contributed by atoms with Gasteiger partial charge in [-0.05, 0) is 12.8 Å². The van der Waals surface area contributed by atoms with E-state index < -0.39 is 49.0 Å². The summed E-state index contributed by atoms with van der Waals surface area (Å²) in [6, 6.07) is -0.947. The van der Waals surface area contributed by atoms with Gasteiger partial charge in [0, 0.05) is 13.0 Å². The van der Waals surface area contributed by atoms with Crippen LogP contribution in [0, 0.1) is 0 Å². The second-order valence-corrected chi connectivity index (χ2v) is 6.92. The van der Waals surface area contributed by atoms with Gasteiger partial charge in [-0.15, -0.1) is 0 Å². The van der Waals surface area contributed by atoms with Crippen LogP contribution in [0.3, 0.4) is 0 Å². The lowest BCUT2D eigenvalue weighted by molar-refractivity contribution is -0.304. The normalized spacial score (nSPS) is 31.2. The van der Waals surface area contributed by atoms with Crippen LogP contribution in [-0.4, -0.2) is 100 Å². The van der Waals surface area contributed by atoms with Crippen LogP contribution in [0.4, 0.5) is 0 Å². The van der Waals surface area contributed by atoms with E-state index in [1.807, 2.05) is 6.92 Å². The Kier molecular flexibility index (Phi) is 11.4. The Hall–Kier alpha value is -0.850. The van der Waals surface area contributed by atoms with Crippen molar-refractivity contribution in [3.05, 3.63) is 0 Å². The Morgan fingerprint density at radius 3 is 2.36 bits per heavy atom. The molecule has 0 aliphatic carbocycles. The molecule has 0 aromatic heterocycles. The molecule has 2 unspecified atom stereocenters. The molecule has 28 heavy (non-hydrogen) atoms. The van der Waals surface area contributed by atoms with E-state index in [-0.39, 0.29) is 32.0 Å². The summed E-state index contributed by atoms with van der Waals surface area (Å²) < 4.78 is 16.3. The number of aliphatic hydroxyl groups excluding tert-OH is 5. The molecule has 0 bridgehead atoms. The SMILES string of the molecule is CCCOCC1O[C@H](OC[C@H](NC(=O)CC)[C@H](O)[C@H](O)CC)C(O)[C@@H](O)[C@H]1O. The summed E-state index contributed by atoms with van der Waals surface area (Å²) in [6.45, 7) is 5.41. The minimum absolute atomic E-state index is 0.00577. The minimum atomic E-state index is -1.53. The van der Waals surface area contributed by atoms with E-state index in [9.17, 15) is 30.3 Å². The second-order valence-electron chi connectivity index (χ2n) is 6.92. The highest BCUT2D eigenvalue weighted by atomic mass is 16.7. The van der Waals surface area contributed by atoms with Crippen molar-refractivity contribution in [2.24, 2.45) is 0 Å². The van der Waals surface area contributed by atoms with E-state index in [0.29, 0.717) is 6.61 Å². The van der Waals surface area contributed by atoms with Gasteiger partial charge in [0.25, 0.3) is 0 Å². The number of carbonyl (C=O) groups is 1. The number of nitrogens with one attached hydrogen (secondary N) is 1. The van der Waals surface area contributed by atoms with E-state index in [4.69, 9.17) is 14.2 Å². The Morgan fingerprint density at radius 1 is 1.11 bits per heavy atom. The number of carbonyl (C=O) groups excluding carboxylic acids is 1. The molecule has 6 N–H and O–H groups in total. The second kappa shape index (κ2) is 12.7. The zero-order chi connectivity index (χ0) is 21.3. The van der Waals surface area contributed by atoms with Gasteiger partial charge < -0.3 is 45.1 Å². The molecule has 0 spiro atoms. The molecule has 1 saturated heterocycles. The standard InChI is InChI=1S/C18H35NO9/c1-4-7-26-9-12-15(23)16(24)17(25)18(28-12)27-8-10(19-13(21)6-3)14(22)11(20)5-2/h10-12,14-18,20,22-25H,4-9H2,1-3H3,(H,19,21)/t10-,11+,12?,14-,15-,16-,17?,18-/m0/s1. The molecule has 1 fully saturated rings. The Labute approximate surface area is 165 Å². The van der Waals surface area contributed by atoms with Crippen LogP contribution in [0.15, 0.2) is 0 Å². The van der Waals surface area contributed by atoms with Gasteiger partial charge in [-0.3, -0.25) is 4.79 Å². The molecule has 1 aliphatic rings. The van der Waals surface area contributed by atoms with Gasteiger partial charge in [0.2, 0.25) is 5.91 Å². The highest BCUT2D eigenvalue weighted by Crippen LogP contribution is 2.23. The molecule has 0 saturated carbocycles. The van der Waals surface area contributed by atoms with E-state index in [0.717, 1.165) is 6.42 Å². The summed E-state index contributed by atoms with van der Waals surface area (Å²) in [7, 11) is 0. The lowest BCUT2D eigenvalue weighted by atomic mass is 9.99. The van der Waals surface area contributed by atoms with Gasteiger partial charge in [0.05, 0.1) is 25.4 Å². The van der Waals surface area contributed by atoms with Crippen molar-refractivity contribution in [2.75, 3.05) is 19.8 Å². The van der Waals surface area contributed by atoms with Crippen molar-refractivity contribution < 1.29 is 44.5 Å². The first-order valence-corrected chi connectivity index (χ1v) is 9.81. The van der Waals surface area contributed by atoms with Gasteiger partial charge >= 0.3 is 0 Å². The number of amides is 1. The first kappa shape index (κ1) is 25.2. The highest BCUT2D eigenvalue weighted by Gasteiger charge is 2.44. The molecule has 0 aromatic rings. The van der Waals surface area contributed by atoms with Crippen LogP contribution in [0.1, 0.15) is 40.0 Å². The molecular weight excluding hydrogens is 374 g/mol. The zero-order valence-electron chi connectivity index (χ0n) is 16.7. The molecule has 8 atom stereocenters.